The Kier molecular flexibility index (Phi) is 5.43. The Bertz CT molecular complexity index is 474. The second-order valence-corrected chi connectivity index (χ2v) is 6.14. The molecule has 4 nitrogen and oxygen atoms in total. The third-order valence-electron chi connectivity index (χ3n) is 3.55. The fourth-order valence-electron chi connectivity index (χ4n) is 2.03. The van der Waals surface area contributed by atoms with Crippen LogP contribution < -0.4 is 15.5 Å². The lowest BCUT2D eigenvalue weighted by Crippen LogP contribution is -2.26. The van der Waals surface area contributed by atoms with Gasteiger partial charge in [-0.2, -0.15) is 0 Å². The fourth-order valence-corrected chi connectivity index (χ4v) is 2.76. The Morgan fingerprint density at radius 2 is 2.20 bits per heavy atom. The van der Waals surface area contributed by atoms with Crippen LogP contribution >= 0.6 is 15.9 Å². The quantitative estimate of drug-likeness (QED) is 0.800. The Labute approximate surface area is 129 Å². The molecule has 0 aromatic heterocycles. The van der Waals surface area contributed by atoms with Crippen molar-refractivity contribution in [1.29, 1.82) is 0 Å². The van der Waals surface area contributed by atoms with E-state index < -0.39 is 0 Å². The smallest absolute Gasteiger partial charge is 0.221 e. The number of nitrogens with zero attached hydrogens (tertiary/aromatic N) is 1. The summed E-state index contributed by atoms with van der Waals surface area (Å²) in [4.78, 5) is 13.4. The summed E-state index contributed by atoms with van der Waals surface area (Å²) < 4.78 is 1.08. The van der Waals surface area contributed by atoms with Crippen molar-refractivity contribution in [1.82, 2.24) is 10.6 Å². The molecule has 1 aromatic carbocycles. The molecular formula is C15H22BrN3O. The first-order valence-corrected chi connectivity index (χ1v) is 7.83. The van der Waals surface area contributed by atoms with Crippen molar-refractivity contribution in [2.75, 3.05) is 25.5 Å². The summed E-state index contributed by atoms with van der Waals surface area (Å²) in [5, 5.41) is 6.15. The zero-order valence-corrected chi connectivity index (χ0v) is 13.7. The van der Waals surface area contributed by atoms with E-state index in [-0.39, 0.29) is 5.91 Å². The van der Waals surface area contributed by atoms with Crippen molar-refractivity contribution < 1.29 is 4.79 Å². The largest absolute Gasteiger partial charge is 0.373 e. The maximum Gasteiger partial charge on any atom is 0.221 e. The van der Waals surface area contributed by atoms with E-state index in [1.165, 1.54) is 18.4 Å². The summed E-state index contributed by atoms with van der Waals surface area (Å²) in [6.45, 7) is 1.63. The third-order valence-corrected chi connectivity index (χ3v) is 4.18. The molecule has 1 aliphatic carbocycles. The summed E-state index contributed by atoms with van der Waals surface area (Å²) in [5.74, 6) is 0.0678. The lowest BCUT2D eigenvalue weighted by atomic mass is 10.2. The molecule has 5 heteroatoms. The molecule has 0 saturated heterocycles. The number of rotatable bonds is 7. The van der Waals surface area contributed by atoms with Gasteiger partial charge in [0.2, 0.25) is 5.91 Å². The Balaban J connectivity index is 1.91. The molecule has 0 heterocycles. The number of carbonyl (C=O) groups excluding carboxylic acids is 1. The van der Waals surface area contributed by atoms with Crippen LogP contribution in [0.25, 0.3) is 0 Å². The van der Waals surface area contributed by atoms with E-state index in [1.807, 2.05) is 7.05 Å². The van der Waals surface area contributed by atoms with Crippen LogP contribution in [-0.4, -0.2) is 32.6 Å². The monoisotopic (exact) mass is 339 g/mol. The molecule has 1 amide bonds. The van der Waals surface area contributed by atoms with Crippen molar-refractivity contribution in [2.24, 2.45) is 0 Å². The van der Waals surface area contributed by atoms with E-state index in [4.69, 9.17) is 0 Å². The van der Waals surface area contributed by atoms with E-state index in [0.29, 0.717) is 13.0 Å². The van der Waals surface area contributed by atoms with E-state index in [1.54, 1.807) is 7.05 Å². The van der Waals surface area contributed by atoms with Gasteiger partial charge in [-0.3, -0.25) is 4.79 Å². The number of carbonyl (C=O) groups is 1. The Morgan fingerprint density at radius 3 is 2.80 bits per heavy atom. The molecular weight excluding hydrogens is 318 g/mol. The van der Waals surface area contributed by atoms with Crippen molar-refractivity contribution in [3.63, 3.8) is 0 Å². The predicted octanol–water partition coefficient (Wildman–Crippen LogP) is 2.27. The van der Waals surface area contributed by atoms with Gasteiger partial charge in [-0.1, -0.05) is 6.07 Å². The van der Waals surface area contributed by atoms with Gasteiger partial charge in [0.05, 0.1) is 5.69 Å². The molecule has 0 spiro atoms. The van der Waals surface area contributed by atoms with E-state index >= 15 is 0 Å². The molecule has 2 N–H and O–H groups in total. The first-order valence-electron chi connectivity index (χ1n) is 7.03. The number of hydrogen-bond donors (Lipinski definition) is 2. The molecule has 0 aliphatic heterocycles. The average molecular weight is 340 g/mol. The number of anilines is 1. The molecule has 2 rings (SSSR count). The maximum absolute atomic E-state index is 11.3. The zero-order chi connectivity index (χ0) is 14.5. The summed E-state index contributed by atoms with van der Waals surface area (Å²) in [6.07, 6.45) is 3.12. The van der Waals surface area contributed by atoms with E-state index in [0.717, 1.165) is 22.7 Å². The SMILES string of the molecule is CNC(=O)CCN(C)c1ccc(CNC2CC2)cc1Br. The normalized spacial score (nSPS) is 14.2. The molecule has 1 aliphatic rings. The minimum Gasteiger partial charge on any atom is -0.373 e. The molecule has 110 valence electrons. The highest BCUT2D eigenvalue weighted by atomic mass is 79.9. The van der Waals surface area contributed by atoms with Crippen LogP contribution in [0.1, 0.15) is 24.8 Å². The van der Waals surface area contributed by atoms with Gasteiger partial charge in [0.1, 0.15) is 0 Å². The molecule has 0 atom stereocenters. The second-order valence-electron chi connectivity index (χ2n) is 5.29. The lowest BCUT2D eigenvalue weighted by molar-refractivity contribution is -0.120. The van der Waals surface area contributed by atoms with Crippen molar-refractivity contribution in [2.45, 2.75) is 31.8 Å². The van der Waals surface area contributed by atoms with Crippen molar-refractivity contribution >= 4 is 27.5 Å². The number of benzene rings is 1. The number of halogens is 1. The van der Waals surface area contributed by atoms with Gasteiger partial charge in [-0.15, -0.1) is 0 Å². The number of hydrogen-bond acceptors (Lipinski definition) is 3. The third kappa shape index (κ3) is 4.49. The molecule has 1 aromatic rings. The molecule has 1 saturated carbocycles. The zero-order valence-electron chi connectivity index (χ0n) is 12.1. The van der Waals surface area contributed by atoms with Gasteiger partial charge < -0.3 is 15.5 Å². The topological polar surface area (TPSA) is 44.4 Å². The number of nitrogens with one attached hydrogen (secondary N) is 2. The molecule has 0 bridgehead atoms. The van der Waals surface area contributed by atoms with Gasteiger partial charge in [-0.25, -0.2) is 0 Å². The highest BCUT2D eigenvalue weighted by Gasteiger charge is 2.20. The van der Waals surface area contributed by atoms with Crippen LogP contribution in [0.2, 0.25) is 0 Å². The molecule has 0 radical (unpaired) electrons. The van der Waals surface area contributed by atoms with Crippen LogP contribution in [-0.2, 0) is 11.3 Å². The van der Waals surface area contributed by atoms with Gasteiger partial charge in [0.25, 0.3) is 0 Å². The summed E-state index contributed by atoms with van der Waals surface area (Å²) in [6, 6.07) is 7.13. The van der Waals surface area contributed by atoms with Crippen LogP contribution in [0.15, 0.2) is 22.7 Å². The van der Waals surface area contributed by atoms with Gasteiger partial charge in [0.15, 0.2) is 0 Å². The summed E-state index contributed by atoms with van der Waals surface area (Å²) >= 11 is 3.62. The average Bonchev–Trinajstić information content (AvgIpc) is 3.26. The first-order chi connectivity index (χ1) is 9.60. The molecule has 1 fully saturated rings. The predicted molar refractivity (Wildman–Crippen MR) is 86.0 cm³/mol. The van der Waals surface area contributed by atoms with Crippen LogP contribution in [0.3, 0.4) is 0 Å². The Morgan fingerprint density at radius 1 is 1.45 bits per heavy atom. The minimum absolute atomic E-state index is 0.0678. The van der Waals surface area contributed by atoms with Gasteiger partial charge >= 0.3 is 0 Å². The standard InChI is InChI=1S/C15H22BrN3O/c1-17-15(20)7-8-19(2)14-6-3-11(9-13(14)16)10-18-12-4-5-12/h3,6,9,12,18H,4-5,7-8,10H2,1-2H3,(H,17,20). The lowest BCUT2D eigenvalue weighted by Gasteiger charge is -2.21. The second kappa shape index (κ2) is 7.09. The van der Waals surface area contributed by atoms with Crippen LogP contribution in [0, 0.1) is 0 Å². The van der Waals surface area contributed by atoms with Crippen molar-refractivity contribution in [3.05, 3.63) is 28.2 Å². The van der Waals surface area contributed by atoms with E-state index in [9.17, 15) is 4.79 Å². The number of amides is 1. The van der Waals surface area contributed by atoms with E-state index in [2.05, 4.69) is 49.7 Å². The minimum atomic E-state index is 0.0678. The molecule has 0 unspecified atom stereocenters. The first kappa shape index (κ1) is 15.3. The van der Waals surface area contributed by atoms with Gasteiger partial charge in [0, 0.05) is 44.1 Å². The van der Waals surface area contributed by atoms with Crippen LogP contribution in [0.5, 0.6) is 0 Å². The van der Waals surface area contributed by atoms with Crippen LogP contribution in [0.4, 0.5) is 5.69 Å². The summed E-state index contributed by atoms with van der Waals surface area (Å²) in [7, 11) is 3.67. The van der Waals surface area contributed by atoms with Crippen molar-refractivity contribution in [3.8, 4) is 0 Å². The Hall–Kier alpha value is -1.07. The molecule has 20 heavy (non-hydrogen) atoms. The highest BCUT2D eigenvalue weighted by molar-refractivity contribution is 9.10. The van der Waals surface area contributed by atoms with Gasteiger partial charge in [-0.05, 0) is 46.5 Å². The summed E-state index contributed by atoms with van der Waals surface area (Å²) in [5.41, 5.74) is 2.40. The highest BCUT2D eigenvalue weighted by Crippen LogP contribution is 2.27. The fraction of sp³-hybridized carbons (Fsp3) is 0.533. The maximum atomic E-state index is 11.3.